The summed E-state index contributed by atoms with van der Waals surface area (Å²) in [5.74, 6) is 0. The number of fused-ring (bicyclic) bond motifs is 19. The normalized spacial score (nSPS) is 17.7. The van der Waals surface area contributed by atoms with Crippen LogP contribution >= 0.6 is 0 Å². The summed E-state index contributed by atoms with van der Waals surface area (Å²) >= 11 is -0.315. The molecule has 0 atom stereocenters. The molecule has 0 spiro atoms. The van der Waals surface area contributed by atoms with E-state index in [4.69, 9.17) is 17.1 Å². The van der Waals surface area contributed by atoms with E-state index in [-0.39, 0.29) is 59.2 Å². The van der Waals surface area contributed by atoms with Crippen molar-refractivity contribution in [2.24, 2.45) is 0 Å². The molecule has 0 fully saturated rings. The molecular weight excluding hydrogens is 1260 g/mol. The Kier molecular flexibility index (Phi) is 6.53. The van der Waals surface area contributed by atoms with Gasteiger partial charge in [-0.15, -0.1) is 0 Å². The van der Waals surface area contributed by atoms with Crippen molar-refractivity contribution in [1.82, 2.24) is 9.13 Å². The molecule has 2 aliphatic rings. The second-order valence-electron chi connectivity index (χ2n) is 23.6. The van der Waals surface area contributed by atoms with Gasteiger partial charge in [0.05, 0.1) is 60.4 Å². The van der Waals surface area contributed by atoms with Crippen LogP contribution in [0.3, 0.4) is 0 Å². The van der Waals surface area contributed by atoms with Gasteiger partial charge in [-0.2, -0.15) is 0 Å². The molecule has 0 saturated heterocycles. The minimum atomic E-state index is -2.14. The van der Waals surface area contributed by atoms with Crippen LogP contribution in [0.25, 0.3) is 152 Å². The van der Waals surface area contributed by atoms with Crippen molar-refractivity contribution in [3.05, 3.63) is 321 Å². The van der Waals surface area contributed by atoms with Gasteiger partial charge in [0.1, 0.15) is 0 Å². The first-order valence-corrected chi connectivity index (χ1v) is 32.5. The van der Waals surface area contributed by atoms with Crippen molar-refractivity contribution < 1.29 is 55.4 Å². The number of para-hydroxylation sites is 6. The quantitative estimate of drug-likeness (QED) is 0.149. The summed E-state index contributed by atoms with van der Waals surface area (Å²) in [6, 6.07) is 2.33. The Bertz CT molecular complexity index is 8330. The van der Waals surface area contributed by atoms with Gasteiger partial charge in [0.25, 0.3) is 0 Å². The van der Waals surface area contributed by atoms with Gasteiger partial charge in [-0.25, -0.2) is 0 Å². The Morgan fingerprint density at radius 2 is 0.724 bits per heavy atom. The number of hydrogen-bond donors (Lipinski definition) is 0. The first-order chi connectivity index (χ1) is 62.8. The maximum absolute atomic E-state index is 11.7. The molecule has 20 aromatic rings. The van der Waals surface area contributed by atoms with E-state index in [9.17, 15) is 38.4 Å². The summed E-state index contributed by atoms with van der Waals surface area (Å²) in [6.07, 6.45) is 0. The van der Waals surface area contributed by atoms with Crippen LogP contribution < -0.4 is 26.2 Å². The SMILES string of the molecule is [2H]c1c([2H])c(-n2c3c([2H])c([2H])c([2H])c([2H])c3c3c([2H])c([2H])c([2H])c([2H])c32)c([2H])c2c1B1c3c(cc(-c4ccc5[se]c6ccccc6c5c4)cc3N(c3c([2H])c(-c4ccccc4)c([2H])c4c3oc3c([2H])c([2H])c([2H])c([2H])c34)c3c([2H])c(-n4c5c([2H])c([2H])c([2H])c([2H])c5c5c([2H])c([2H])c([2H])c([2H])c54)c([2H])c([2H])c31)N2c1c([2H])c(-c2ccccc2)c([2H])c2c1oc1c([2H])c([2H])c([2H])c([2H])c12. The van der Waals surface area contributed by atoms with E-state index in [1.54, 1.807) is 54.6 Å². The van der Waals surface area contributed by atoms with Crippen molar-refractivity contribution >= 4 is 179 Å². The molecule has 22 rings (SSSR count). The maximum atomic E-state index is 11.7. The molecule has 6 nitrogen and oxygen atoms in total. The van der Waals surface area contributed by atoms with E-state index in [1.807, 2.05) is 36.4 Å². The second-order valence-corrected chi connectivity index (χ2v) is 25.9. The number of aromatic nitrogens is 2. The van der Waals surface area contributed by atoms with Crippen LogP contribution in [-0.2, 0) is 0 Å². The molecule has 5 aromatic heterocycles. The molecule has 98 heavy (non-hydrogen) atoms. The van der Waals surface area contributed by atoms with Crippen molar-refractivity contribution in [2.45, 2.75) is 0 Å². The van der Waals surface area contributed by atoms with Crippen molar-refractivity contribution in [3.8, 4) is 44.8 Å². The van der Waals surface area contributed by atoms with Crippen LogP contribution in [0.5, 0.6) is 0 Å². The predicted molar refractivity (Wildman–Crippen MR) is 412 cm³/mol. The summed E-state index contributed by atoms with van der Waals surface area (Å²) in [5.41, 5.74) is -11.5. The number of anilines is 6. The Labute approximate surface area is 616 Å². The zero-order valence-electron chi connectivity index (χ0n) is 84.1. The monoisotopic (exact) mass is 1350 g/mol. The van der Waals surface area contributed by atoms with Crippen molar-refractivity contribution in [2.75, 3.05) is 9.80 Å². The molecule has 0 N–H and O–H groups in total. The molecule has 2 aliphatic heterocycles. The zero-order valence-corrected chi connectivity index (χ0v) is 51.8. The topological polar surface area (TPSA) is 42.6 Å². The first kappa shape index (κ1) is 31.0. The van der Waals surface area contributed by atoms with Gasteiger partial charge in [-0.05, 0) is 36.3 Å². The van der Waals surface area contributed by atoms with Crippen LogP contribution in [0.4, 0.5) is 34.1 Å². The molecule has 0 unspecified atom stereocenters. The van der Waals surface area contributed by atoms with E-state index in [2.05, 4.69) is 0 Å². The van der Waals surface area contributed by atoms with Gasteiger partial charge in [0.2, 0.25) is 0 Å². The third-order valence-corrected chi connectivity index (χ3v) is 20.8. The van der Waals surface area contributed by atoms with Gasteiger partial charge >= 0.3 is 331 Å². The average Bonchev–Trinajstić information content (AvgIpc) is 1.10. The fraction of sp³-hybridized carbons (Fsp3) is 0. The number of rotatable bonds is 7. The molecule has 15 aromatic carbocycles. The fourth-order valence-corrected chi connectivity index (χ4v) is 16.5. The van der Waals surface area contributed by atoms with E-state index in [0.29, 0.717) is 10.9 Å². The summed E-state index contributed by atoms with van der Waals surface area (Å²) < 4.78 is 355. The zero-order chi connectivity index (χ0) is 93.4. The smallest absolute Gasteiger partial charge is 0.0614 e. The molecule has 0 saturated carbocycles. The number of furan rings is 2. The molecule has 0 amide bonds. The van der Waals surface area contributed by atoms with Crippen molar-refractivity contribution in [3.63, 3.8) is 0 Å². The van der Waals surface area contributed by atoms with Gasteiger partial charge in [-0.1, -0.05) is 169 Å². The Hall–Kier alpha value is -12.3. The van der Waals surface area contributed by atoms with Gasteiger partial charge in [0.15, 0.2) is 0 Å². The van der Waals surface area contributed by atoms with Gasteiger partial charge in [0, 0.05) is 21.5 Å². The molecule has 8 heteroatoms. The van der Waals surface area contributed by atoms with E-state index >= 15 is 0 Å². The fourth-order valence-electron chi connectivity index (χ4n) is 14.3. The number of nitrogens with zero attached hydrogens (tertiary/aromatic N) is 4. The summed E-state index contributed by atoms with van der Waals surface area (Å²) in [4.78, 5) is 2.40. The third kappa shape index (κ3) is 7.75. The molecular formula is C90H53BN4O2Se. The third-order valence-electron chi connectivity index (χ3n) is 18.4. The number of benzene rings is 15. The molecule has 454 valence electrons. The molecule has 0 aliphatic carbocycles. The molecule has 7 heterocycles. The Balaban J connectivity index is 1.03. The summed E-state index contributed by atoms with van der Waals surface area (Å²) in [6.45, 7) is -2.14. The standard InChI is InChI=1S/C90H53BN4O2Se/c1-3-21-54(22-4-1)57-46-70-66-29-11-18-36-84(66)96-89(70)82(50-57)94-78-52-60(92-74-32-14-7-25-62(74)63-26-8-15-33-75(63)92)40-42-72(78)91-73-43-41-61(93-76-34-16-9-27-64(76)65-28-10-17-35-77(65)93)53-79(73)95(83-51-58(55-23-5-2-6-24-55)47-71-67-30-12-19-37-85(67)97-90(71)83)81-49-59(48-80(94)88(81)91)56-39-44-87-69(45-56)68-31-13-20-38-86(68)98-87/h1-53H/i7D,8D,9D,10D,11D,12D,14D,15D,16D,17D,18D,19D,25D,26D,27D,28D,29D,30D,32D,33D,34D,35D,36D,37D,40D,41D,42D,43D,46D,47D,50D,51D,52D,53D. The Morgan fingerprint density at radius 3 is 1.21 bits per heavy atom. The van der Waals surface area contributed by atoms with E-state index < -0.39 is 345 Å². The van der Waals surface area contributed by atoms with E-state index in [1.165, 1.54) is 34.1 Å². The molecule has 0 radical (unpaired) electrons. The van der Waals surface area contributed by atoms with Gasteiger partial charge in [-0.3, -0.25) is 0 Å². The minimum Gasteiger partial charge on any atom is -0.0614 e. The van der Waals surface area contributed by atoms with Crippen LogP contribution in [0, 0.1) is 0 Å². The van der Waals surface area contributed by atoms with Crippen LogP contribution in [0.2, 0.25) is 0 Å². The minimum absolute atomic E-state index is 0.0810. The van der Waals surface area contributed by atoms with Crippen molar-refractivity contribution in [1.29, 1.82) is 0 Å². The van der Waals surface area contributed by atoms with Crippen LogP contribution in [0.1, 0.15) is 46.6 Å². The van der Waals surface area contributed by atoms with Crippen LogP contribution in [0.15, 0.2) is 330 Å². The van der Waals surface area contributed by atoms with Crippen LogP contribution in [-0.4, -0.2) is 30.4 Å². The predicted octanol–water partition coefficient (Wildman–Crippen LogP) is 22.1. The molecule has 0 bridgehead atoms. The number of hydrogen-bond acceptors (Lipinski definition) is 4. The Morgan fingerprint density at radius 1 is 0.296 bits per heavy atom. The summed E-state index contributed by atoms with van der Waals surface area (Å²) in [7, 11) is 0. The van der Waals surface area contributed by atoms with E-state index in [0.717, 1.165) is 23.0 Å². The second kappa shape index (κ2) is 20.6. The first-order valence-electron chi connectivity index (χ1n) is 47.8. The summed E-state index contributed by atoms with van der Waals surface area (Å²) in [5, 5.41) is -2.27. The average molecular weight is 1350 g/mol. The van der Waals surface area contributed by atoms with Gasteiger partial charge < -0.3 is 0 Å².